The number of nitrogens with zero attached hydrogens (tertiary/aromatic N) is 1. The molecule has 1 unspecified atom stereocenters. The van der Waals surface area contributed by atoms with Crippen LogP contribution in [0, 0.1) is 13.8 Å². The van der Waals surface area contributed by atoms with E-state index in [1.54, 1.807) is 0 Å². The molecule has 2 aliphatic rings. The Kier molecular flexibility index (Phi) is 3.20. The minimum atomic E-state index is 0.322. The van der Waals surface area contributed by atoms with E-state index in [0.717, 1.165) is 0 Å². The van der Waals surface area contributed by atoms with Gasteiger partial charge >= 0.3 is 0 Å². The van der Waals surface area contributed by atoms with Crippen molar-refractivity contribution in [2.45, 2.75) is 58.0 Å². The van der Waals surface area contributed by atoms with Crippen LogP contribution in [0.15, 0.2) is 6.07 Å². The topological polar surface area (TPSA) is 24.9 Å². The predicted molar refractivity (Wildman–Crippen MR) is 85.9 cm³/mol. The van der Waals surface area contributed by atoms with E-state index in [0.29, 0.717) is 12.1 Å². The lowest BCUT2D eigenvalue weighted by molar-refractivity contribution is 0.596. The molecule has 1 saturated carbocycles. The summed E-state index contributed by atoms with van der Waals surface area (Å²) in [7, 11) is 0. The molecule has 2 aliphatic carbocycles. The van der Waals surface area contributed by atoms with Crippen molar-refractivity contribution in [3.63, 3.8) is 0 Å². The fourth-order valence-electron chi connectivity index (χ4n) is 3.05. The van der Waals surface area contributed by atoms with Crippen LogP contribution in [0.3, 0.4) is 0 Å². The highest BCUT2D eigenvalue weighted by Gasteiger charge is 2.30. The summed E-state index contributed by atoms with van der Waals surface area (Å²) >= 11 is 3.85. The van der Waals surface area contributed by atoms with Gasteiger partial charge in [0.25, 0.3) is 0 Å². The van der Waals surface area contributed by atoms with Gasteiger partial charge in [0.1, 0.15) is 5.01 Å². The van der Waals surface area contributed by atoms with E-state index in [1.165, 1.54) is 63.0 Å². The summed E-state index contributed by atoms with van der Waals surface area (Å²) < 4.78 is 0. The molecular formula is C16H20N2S2. The first-order valence-electron chi connectivity index (χ1n) is 7.52. The Balaban J connectivity index is 1.71. The van der Waals surface area contributed by atoms with Crippen LogP contribution < -0.4 is 5.32 Å². The van der Waals surface area contributed by atoms with E-state index in [4.69, 9.17) is 4.98 Å². The zero-order valence-corrected chi connectivity index (χ0v) is 13.7. The van der Waals surface area contributed by atoms with Gasteiger partial charge < -0.3 is 5.32 Å². The summed E-state index contributed by atoms with van der Waals surface area (Å²) in [5, 5.41) is 5.11. The Morgan fingerprint density at radius 2 is 2.10 bits per heavy atom. The van der Waals surface area contributed by atoms with Gasteiger partial charge in [0.05, 0.1) is 11.7 Å². The molecule has 1 fully saturated rings. The van der Waals surface area contributed by atoms with E-state index in [9.17, 15) is 0 Å². The number of thiophene rings is 1. The molecule has 2 nitrogen and oxygen atoms in total. The number of aromatic nitrogens is 1. The number of thiazole rings is 1. The van der Waals surface area contributed by atoms with Gasteiger partial charge in [-0.2, -0.15) is 0 Å². The second-order valence-electron chi connectivity index (χ2n) is 6.02. The van der Waals surface area contributed by atoms with Crippen LogP contribution in [-0.4, -0.2) is 11.0 Å². The number of rotatable bonds is 4. The third-order valence-corrected chi connectivity index (χ3v) is 6.43. The number of aryl methyl sites for hydroxylation is 4. The molecule has 0 aromatic carbocycles. The number of fused-ring (bicyclic) bond motifs is 1. The van der Waals surface area contributed by atoms with Gasteiger partial charge in [0, 0.05) is 20.7 Å². The van der Waals surface area contributed by atoms with E-state index in [2.05, 4.69) is 25.2 Å². The highest BCUT2D eigenvalue weighted by Crippen LogP contribution is 2.38. The van der Waals surface area contributed by atoms with Gasteiger partial charge in [-0.1, -0.05) is 0 Å². The van der Waals surface area contributed by atoms with E-state index in [-0.39, 0.29) is 0 Å². The average molecular weight is 304 g/mol. The van der Waals surface area contributed by atoms with E-state index >= 15 is 0 Å². The van der Waals surface area contributed by atoms with Crippen molar-refractivity contribution in [1.82, 2.24) is 10.3 Å². The van der Waals surface area contributed by atoms with Crippen LogP contribution in [0.1, 0.15) is 56.2 Å². The molecule has 0 radical (unpaired) electrons. The molecule has 4 heteroatoms. The molecule has 1 atom stereocenters. The number of nitrogens with one attached hydrogen (secondary N) is 1. The molecule has 4 rings (SSSR count). The summed E-state index contributed by atoms with van der Waals surface area (Å²) in [6.07, 6.45) is 6.37. The average Bonchev–Trinajstić information content (AvgIpc) is 2.80. The largest absolute Gasteiger partial charge is 0.301 e. The first-order chi connectivity index (χ1) is 9.70. The standard InChI is InChI=1S/C16H20N2S2/c1-9-8-12(10(2)19-9)15(17-11-6-7-11)16-18-13-4-3-5-14(13)20-16/h8,11,15,17H,3-7H2,1-2H3. The van der Waals surface area contributed by atoms with Crippen LogP contribution in [0.25, 0.3) is 0 Å². The monoisotopic (exact) mass is 304 g/mol. The highest BCUT2D eigenvalue weighted by atomic mass is 32.1. The Morgan fingerprint density at radius 1 is 1.25 bits per heavy atom. The van der Waals surface area contributed by atoms with Gasteiger partial charge in [-0.25, -0.2) is 4.98 Å². The van der Waals surface area contributed by atoms with Crippen molar-refractivity contribution in [3.8, 4) is 0 Å². The van der Waals surface area contributed by atoms with Gasteiger partial charge in [0.2, 0.25) is 0 Å². The second kappa shape index (κ2) is 4.93. The van der Waals surface area contributed by atoms with Crippen molar-refractivity contribution >= 4 is 22.7 Å². The maximum Gasteiger partial charge on any atom is 0.115 e. The molecule has 2 aromatic rings. The van der Waals surface area contributed by atoms with Crippen molar-refractivity contribution in [1.29, 1.82) is 0 Å². The molecule has 1 N–H and O–H groups in total. The van der Waals surface area contributed by atoms with Crippen molar-refractivity contribution in [2.75, 3.05) is 0 Å². The van der Waals surface area contributed by atoms with Crippen LogP contribution in [-0.2, 0) is 12.8 Å². The van der Waals surface area contributed by atoms with Gasteiger partial charge in [0.15, 0.2) is 0 Å². The maximum atomic E-state index is 4.96. The molecule has 2 aromatic heterocycles. The van der Waals surface area contributed by atoms with Gasteiger partial charge in [-0.05, 0) is 57.6 Å². The second-order valence-corrected chi connectivity index (χ2v) is 8.59. The van der Waals surface area contributed by atoms with Crippen molar-refractivity contribution < 1.29 is 0 Å². The molecule has 106 valence electrons. The molecule has 0 saturated heterocycles. The Hall–Kier alpha value is -0.710. The first-order valence-corrected chi connectivity index (χ1v) is 9.15. The lowest BCUT2D eigenvalue weighted by Crippen LogP contribution is -2.24. The number of hydrogen-bond acceptors (Lipinski definition) is 4. The predicted octanol–water partition coefficient (Wildman–Crippen LogP) is 4.15. The minimum absolute atomic E-state index is 0.322. The summed E-state index contributed by atoms with van der Waals surface area (Å²) in [5.41, 5.74) is 2.82. The molecule has 0 amide bonds. The summed E-state index contributed by atoms with van der Waals surface area (Å²) in [6.45, 7) is 4.45. The Morgan fingerprint density at radius 3 is 2.75 bits per heavy atom. The van der Waals surface area contributed by atoms with Crippen LogP contribution in [0.2, 0.25) is 0 Å². The molecule has 2 heterocycles. The molecule has 0 aliphatic heterocycles. The number of hydrogen-bond donors (Lipinski definition) is 1. The fraction of sp³-hybridized carbons (Fsp3) is 0.562. The Labute approximate surface area is 128 Å². The molecule has 0 spiro atoms. The van der Waals surface area contributed by atoms with Gasteiger partial charge in [-0.15, -0.1) is 22.7 Å². The summed E-state index contributed by atoms with van der Waals surface area (Å²) in [4.78, 5) is 9.34. The first kappa shape index (κ1) is 13.0. The summed E-state index contributed by atoms with van der Waals surface area (Å²) in [6, 6.07) is 3.38. The van der Waals surface area contributed by atoms with Crippen LogP contribution in [0.4, 0.5) is 0 Å². The molecule has 0 bridgehead atoms. The maximum absolute atomic E-state index is 4.96. The summed E-state index contributed by atoms with van der Waals surface area (Å²) in [5.74, 6) is 0. The smallest absolute Gasteiger partial charge is 0.115 e. The zero-order valence-electron chi connectivity index (χ0n) is 12.0. The van der Waals surface area contributed by atoms with Crippen LogP contribution >= 0.6 is 22.7 Å². The SMILES string of the molecule is Cc1cc(C(NC2CC2)c2nc3c(s2)CCC3)c(C)s1. The van der Waals surface area contributed by atoms with Crippen molar-refractivity contribution in [2.24, 2.45) is 0 Å². The third-order valence-electron chi connectivity index (χ3n) is 4.23. The third kappa shape index (κ3) is 2.34. The Bertz CT molecular complexity index is 615. The van der Waals surface area contributed by atoms with Gasteiger partial charge in [-0.3, -0.25) is 0 Å². The minimum Gasteiger partial charge on any atom is -0.301 e. The van der Waals surface area contributed by atoms with E-state index in [1.807, 2.05) is 22.7 Å². The van der Waals surface area contributed by atoms with Crippen molar-refractivity contribution in [3.05, 3.63) is 37.0 Å². The van der Waals surface area contributed by atoms with E-state index < -0.39 is 0 Å². The lowest BCUT2D eigenvalue weighted by Gasteiger charge is -2.16. The molecular weight excluding hydrogens is 284 g/mol. The normalized spacial score (nSPS) is 19.3. The lowest BCUT2D eigenvalue weighted by atomic mass is 10.1. The fourth-order valence-corrected chi connectivity index (χ4v) is 5.25. The highest BCUT2D eigenvalue weighted by molar-refractivity contribution is 7.12. The zero-order chi connectivity index (χ0) is 13.7. The van der Waals surface area contributed by atoms with Crippen LogP contribution in [0.5, 0.6) is 0 Å². The quantitative estimate of drug-likeness (QED) is 0.918. The molecule has 20 heavy (non-hydrogen) atoms.